The van der Waals surface area contributed by atoms with Crippen molar-refractivity contribution >= 4 is 23.9 Å². The predicted molar refractivity (Wildman–Crippen MR) is 126 cm³/mol. The van der Waals surface area contributed by atoms with Crippen LogP contribution in [-0.4, -0.2) is 90.2 Å². The first kappa shape index (κ1) is 26.0. The molecule has 2 bridgehead atoms. The van der Waals surface area contributed by atoms with Crippen molar-refractivity contribution in [3.63, 3.8) is 0 Å². The summed E-state index contributed by atoms with van der Waals surface area (Å²) in [6.07, 6.45) is -0.346. The maximum absolute atomic E-state index is 13.2. The van der Waals surface area contributed by atoms with E-state index in [4.69, 9.17) is 24.1 Å². The molecule has 2 aliphatic heterocycles. The van der Waals surface area contributed by atoms with Crippen molar-refractivity contribution in [3.8, 4) is 11.5 Å². The zero-order valence-corrected chi connectivity index (χ0v) is 21.2. The van der Waals surface area contributed by atoms with Crippen LogP contribution in [0.25, 0.3) is 0 Å². The van der Waals surface area contributed by atoms with Crippen molar-refractivity contribution in [1.29, 1.82) is 0 Å². The topological polar surface area (TPSA) is 158 Å². The second kappa shape index (κ2) is 9.28. The number of benzene rings is 1. The summed E-state index contributed by atoms with van der Waals surface area (Å²) in [5, 5.41) is 20.9. The van der Waals surface area contributed by atoms with Crippen LogP contribution in [0.4, 0.5) is 0 Å². The molecule has 204 valence electrons. The van der Waals surface area contributed by atoms with Crippen LogP contribution in [-0.2, 0) is 45.2 Å². The Morgan fingerprint density at radius 1 is 1.26 bits per heavy atom. The van der Waals surface area contributed by atoms with Gasteiger partial charge in [-0.2, -0.15) is 0 Å². The summed E-state index contributed by atoms with van der Waals surface area (Å²) in [5.74, 6) is -3.19. The van der Waals surface area contributed by atoms with Crippen molar-refractivity contribution in [3.05, 3.63) is 35.1 Å². The van der Waals surface area contributed by atoms with Gasteiger partial charge >= 0.3 is 23.9 Å². The molecule has 12 nitrogen and oxygen atoms in total. The van der Waals surface area contributed by atoms with E-state index in [-0.39, 0.29) is 18.2 Å². The van der Waals surface area contributed by atoms with Crippen LogP contribution in [0.3, 0.4) is 0 Å². The zero-order valence-electron chi connectivity index (χ0n) is 21.2. The molecule has 2 aliphatic carbocycles. The number of likely N-dealkylation sites (N-methyl/N-ethyl adjacent to an activating group) is 1. The van der Waals surface area contributed by atoms with Gasteiger partial charge < -0.3 is 38.8 Å². The summed E-state index contributed by atoms with van der Waals surface area (Å²) < 4.78 is 27.2. The van der Waals surface area contributed by atoms with Crippen molar-refractivity contribution in [2.24, 2.45) is 0 Å². The highest BCUT2D eigenvalue weighted by atomic mass is 16.6. The Morgan fingerprint density at radius 3 is 2.71 bits per heavy atom. The summed E-state index contributed by atoms with van der Waals surface area (Å²) in [6, 6.07) is 3.60. The van der Waals surface area contributed by atoms with E-state index in [2.05, 4.69) is 9.64 Å². The molecule has 2 heterocycles. The molecule has 0 aromatic heterocycles. The number of likely N-dealkylation sites (tertiary alicyclic amines) is 1. The molecule has 2 N–H and O–H groups in total. The number of methoxy groups -OCH3 is 1. The van der Waals surface area contributed by atoms with Crippen molar-refractivity contribution < 1.29 is 53.1 Å². The Morgan fingerprint density at radius 2 is 2.03 bits per heavy atom. The molecule has 4 aliphatic rings. The van der Waals surface area contributed by atoms with Gasteiger partial charge in [0.25, 0.3) is 0 Å². The number of hydrogen-bond donors (Lipinski definition) is 2. The third-order valence-corrected chi connectivity index (χ3v) is 8.06. The number of aliphatic carboxylic acids is 1. The first-order valence-electron chi connectivity index (χ1n) is 12.3. The van der Waals surface area contributed by atoms with Gasteiger partial charge in [-0.15, -0.1) is 0 Å². The lowest BCUT2D eigenvalue weighted by Crippen LogP contribution is -2.74. The van der Waals surface area contributed by atoms with Gasteiger partial charge in [0.1, 0.15) is 5.76 Å². The first-order valence-corrected chi connectivity index (χ1v) is 12.3. The molecule has 5 atom stereocenters. The molecule has 12 heteroatoms. The summed E-state index contributed by atoms with van der Waals surface area (Å²) in [5.41, 5.74) is -0.245. The second-order valence-electron chi connectivity index (χ2n) is 10.1. The summed E-state index contributed by atoms with van der Waals surface area (Å²) in [4.78, 5) is 49.7. The minimum absolute atomic E-state index is 0.130. The summed E-state index contributed by atoms with van der Waals surface area (Å²) >= 11 is 0. The number of aliphatic hydroxyl groups is 1. The third kappa shape index (κ3) is 3.81. The molecular weight excluding hydrogens is 502 g/mol. The van der Waals surface area contributed by atoms with Gasteiger partial charge in [0, 0.05) is 24.9 Å². The van der Waals surface area contributed by atoms with Crippen molar-refractivity contribution in [2.75, 3.05) is 27.3 Å². The SMILES string of the molecule is COc1ccc2c3c1O[C@H]1C(OC(=O)[C@H](CC(=O)OCC(=O)O)OC(C)=O)=CC[C@@]4(O)[C@@H](C2)N(C)CC[C@]314. The maximum atomic E-state index is 13.2. The molecule has 1 saturated heterocycles. The van der Waals surface area contributed by atoms with Crippen LogP contribution in [0, 0.1) is 0 Å². The minimum atomic E-state index is -1.67. The van der Waals surface area contributed by atoms with E-state index in [9.17, 15) is 24.3 Å². The normalized spacial score (nSPS) is 29.2. The van der Waals surface area contributed by atoms with Crippen LogP contribution in [0.5, 0.6) is 11.5 Å². The fourth-order valence-corrected chi connectivity index (χ4v) is 6.50. The van der Waals surface area contributed by atoms with E-state index in [0.717, 1.165) is 18.1 Å². The van der Waals surface area contributed by atoms with Gasteiger partial charge in [-0.1, -0.05) is 6.07 Å². The molecular formula is C26H29NO11. The molecule has 0 amide bonds. The number of carboxylic acid groups (broad SMARTS) is 1. The molecule has 1 spiro atoms. The van der Waals surface area contributed by atoms with Gasteiger partial charge in [0.15, 0.2) is 24.2 Å². The molecule has 0 saturated carbocycles. The quantitative estimate of drug-likeness (QED) is 0.353. The van der Waals surface area contributed by atoms with Crippen LogP contribution in [0.15, 0.2) is 24.0 Å². The standard InChI is InChI=1S/C26H29NO11/c1-13(28)36-17(11-20(31)35-12-19(29)30)24(32)37-16-6-7-26(33)18-10-14-4-5-15(34-3)22-21(14)25(26,23(16)38-22)8-9-27(18)2/h4-6,17-18,23,33H,7-12H2,1-3H3,(H,29,30)/t17-,18+,23-,25-,26+/m0/s1. The largest absolute Gasteiger partial charge is 0.493 e. The minimum Gasteiger partial charge on any atom is -0.493 e. The number of piperidine rings is 1. The van der Waals surface area contributed by atoms with Crippen LogP contribution in [0.1, 0.15) is 37.3 Å². The molecule has 1 aromatic rings. The second-order valence-corrected chi connectivity index (χ2v) is 10.1. The molecule has 0 unspecified atom stereocenters. The third-order valence-electron chi connectivity index (χ3n) is 8.06. The monoisotopic (exact) mass is 531 g/mol. The molecule has 0 radical (unpaired) electrons. The van der Waals surface area contributed by atoms with Crippen LogP contribution >= 0.6 is 0 Å². The van der Waals surface area contributed by atoms with E-state index < -0.39 is 60.1 Å². The number of carbonyl (C=O) groups is 4. The van der Waals surface area contributed by atoms with E-state index in [1.165, 1.54) is 7.11 Å². The van der Waals surface area contributed by atoms with Crippen LogP contribution < -0.4 is 9.47 Å². The molecule has 1 aromatic carbocycles. The fraction of sp³-hybridized carbons (Fsp3) is 0.538. The average Bonchev–Trinajstić information content (AvgIpc) is 3.21. The van der Waals surface area contributed by atoms with E-state index in [1.807, 2.05) is 19.2 Å². The Balaban J connectivity index is 1.48. The lowest BCUT2D eigenvalue weighted by molar-refractivity contribution is -0.177. The Labute approximate surface area is 218 Å². The van der Waals surface area contributed by atoms with Crippen LogP contribution in [0.2, 0.25) is 0 Å². The Bertz CT molecular complexity index is 1240. The predicted octanol–water partition coefficient (Wildman–Crippen LogP) is 0.466. The number of esters is 3. The van der Waals surface area contributed by atoms with E-state index in [0.29, 0.717) is 30.9 Å². The maximum Gasteiger partial charge on any atom is 0.353 e. The van der Waals surface area contributed by atoms with Gasteiger partial charge in [-0.05, 0) is 44.1 Å². The van der Waals surface area contributed by atoms with Gasteiger partial charge in [0.05, 0.1) is 24.5 Å². The van der Waals surface area contributed by atoms with Gasteiger partial charge in [0.2, 0.25) is 6.10 Å². The Hall–Kier alpha value is -3.64. The average molecular weight is 532 g/mol. The number of carboxylic acids is 1. The zero-order chi connectivity index (χ0) is 27.4. The highest BCUT2D eigenvalue weighted by Gasteiger charge is 2.72. The number of carbonyl (C=O) groups excluding carboxylic acids is 3. The number of ether oxygens (including phenoxy) is 5. The van der Waals surface area contributed by atoms with E-state index >= 15 is 0 Å². The summed E-state index contributed by atoms with van der Waals surface area (Å²) in [7, 11) is 3.50. The molecule has 38 heavy (non-hydrogen) atoms. The lowest BCUT2D eigenvalue weighted by atomic mass is 9.50. The fourth-order valence-electron chi connectivity index (χ4n) is 6.50. The highest BCUT2D eigenvalue weighted by molar-refractivity contribution is 5.85. The van der Waals surface area contributed by atoms with Crippen molar-refractivity contribution in [1.82, 2.24) is 4.90 Å². The number of hydrogen-bond acceptors (Lipinski definition) is 11. The summed E-state index contributed by atoms with van der Waals surface area (Å²) in [6.45, 7) is 0.837. The Kier molecular flexibility index (Phi) is 6.35. The smallest absolute Gasteiger partial charge is 0.353 e. The number of nitrogens with zero attached hydrogens (tertiary/aromatic N) is 1. The highest BCUT2D eigenvalue weighted by Crippen LogP contribution is 2.65. The van der Waals surface area contributed by atoms with Gasteiger partial charge in [-0.25, -0.2) is 9.59 Å². The van der Waals surface area contributed by atoms with Crippen molar-refractivity contribution in [2.45, 2.75) is 61.9 Å². The first-order chi connectivity index (χ1) is 18.0. The van der Waals surface area contributed by atoms with Gasteiger partial charge in [-0.3, -0.25) is 9.59 Å². The lowest BCUT2D eigenvalue weighted by Gasteiger charge is -2.61. The number of rotatable bonds is 8. The molecule has 5 rings (SSSR count). The molecule has 1 fully saturated rings. The van der Waals surface area contributed by atoms with E-state index in [1.54, 1.807) is 6.08 Å².